The number of phenols is 2. The van der Waals surface area contributed by atoms with Crippen molar-refractivity contribution in [1.82, 2.24) is 0 Å². The van der Waals surface area contributed by atoms with Gasteiger partial charge in [-0.25, -0.2) is 0 Å². The minimum Gasteiger partial charge on any atom is -0.507 e. The molecule has 0 amide bonds. The Labute approximate surface area is 186 Å². The van der Waals surface area contributed by atoms with Crippen molar-refractivity contribution in [2.75, 3.05) is 0 Å². The van der Waals surface area contributed by atoms with E-state index in [-0.39, 0.29) is 31.2 Å². The molecule has 3 N–H and O–H groups in total. The fraction of sp³-hybridized carbons (Fsp3) is 0.0526. The van der Waals surface area contributed by atoms with Crippen LogP contribution in [0.15, 0.2) is 54.6 Å². The molecule has 0 saturated carbocycles. The predicted octanol–water partition coefficient (Wildman–Crippen LogP) is 5.89. The zero-order valence-electron chi connectivity index (χ0n) is 14.3. The van der Waals surface area contributed by atoms with Gasteiger partial charge in [0.2, 0.25) is 0 Å². The van der Waals surface area contributed by atoms with Crippen molar-refractivity contribution in [3.63, 3.8) is 0 Å². The molecule has 152 valence electrons. The molecule has 0 aromatic heterocycles. The van der Waals surface area contributed by atoms with Crippen molar-refractivity contribution in [3.8, 4) is 11.5 Å². The van der Waals surface area contributed by atoms with Gasteiger partial charge in [-0.15, -0.1) is 0 Å². The topological polar surface area (TPSA) is 94.8 Å². The summed E-state index contributed by atoms with van der Waals surface area (Å²) in [5, 5.41) is 19.8. The molecule has 3 rings (SSSR count). The fourth-order valence-electron chi connectivity index (χ4n) is 3.23. The van der Waals surface area contributed by atoms with Gasteiger partial charge in [0.25, 0.3) is 10.1 Å². The normalized spacial score (nSPS) is 13.8. The molecule has 1 atom stereocenters. The van der Waals surface area contributed by atoms with Crippen LogP contribution in [0.4, 0.5) is 0 Å². The van der Waals surface area contributed by atoms with Gasteiger partial charge in [0.15, 0.2) is 4.75 Å². The summed E-state index contributed by atoms with van der Waals surface area (Å²) in [5.41, 5.74) is -0.766. The van der Waals surface area contributed by atoms with E-state index in [0.29, 0.717) is 0 Å². The van der Waals surface area contributed by atoms with Crippen molar-refractivity contribution in [1.29, 1.82) is 0 Å². The maximum atomic E-state index is 13.0. The Morgan fingerprint density at radius 2 is 1.24 bits per heavy atom. The largest absolute Gasteiger partial charge is 0.507 e. The van der Waals surface area contributed by atoms with Crippen LogP contribution in [0.2, 0.25) is 20.1 Å². The Balaban J connectivity index is 2.68. The Hall–Kier alpha value is -1.67. The van der Waals surface area contributed by atoms with E-state index in [1.165, 1.54) is 36.4 Å². The summed E-state index contributed by atoms with van der Waals surface area (Å²) in [4.78, 5) is 0. The standard InChI is InChI=1S/C19H12Cl4O5S/c20-12-5-2-1-4-10(12)19(29(26,27)28,18-13(21)6-3-7-14(18)22)11-8-15(23)17(25)9-16(11)24/h1-9,24-25H,(H,26,27,28). The molecule has 0 aliphatic rings. The molecule has 0 radical (unpaired) electrons. The third-order valence-corrected chi connectivity index (χ3v) is 7.08. The van der Waals surface area contributed by atoms with Crippen molar-refractivity contribution in [2.45, 2.75) is 4.75 Å². The molecule has 0 aliphatic carbocycles. The first-order valence-electron chi connectivity index (χ1n) is 7.90. The molecule has 3 aromatic carbocycles. The van der Waals surface area contributed by atoms with E-state index >= 15 is 0 Å². The first-order chi connectivity index (χ1) is 13.5. The van der Waals surface area contributed by atoms with Gasteiger partial charge in [-0.3, -0.25) is 4.55 Å². The van der Waals surface area contributed by atoms with Gasteiger partial charge in [0.05, 0.1) is 5.02 Å². The molecule has 0 aliphatic heterocycles. The zero-order chi connectivity index (χ0) is 21.6. The van der Waals surface area contributed by atoms with Crippen molar-refractivity contribution in [2.24, 2.45) is 0 Å². The second-order valence-corrected chi connectivity index (χ2v) is 9.24. The van der Waals surface area contributed by atoms with E-state index in [4.69, 9.17) is 46.4 Å². The SMILES string of the molecule is O=S(=O)(O)C(c1cc(Cl)c(O)cc1O)(c1ccccc1Cl)c1c(Cl)cccc1Cl. The number of hydrogen-bond donors (Lipinski definition) is 3. The van der Waals surface area contributed by atoms with Crippen molar-refractivity contribution in [3.05, 3.63) is 91.4 Å². The average molecular weight is 494 g/mol. The fourth-order valence-corrected chi connectivity index (χ4v) is 5.90. The first-order valence-corrected chi connectivity index (χ1v) is 10.9. The molecule has 29 heavy (non-hydrogen) atoms. The number of benzene rings is 3. The Bertz CT molecular complexity index is 1190. The highest BCUT2D eigenvalue weighted by molar-refractivity contribution is 7.87. The lowest BCUT2D eigenvalue weighted by molar-refractivity contribution is 0.431. The monoisotopic (exact) mass is 492 g/mol. The highest BCUT2D eigenvalue weighted by atomic mass is 35.5. The number of hydrogen-bond acceptors (Lipinski definition) is 4. The highest BCUT2D eigenvalue weighted by Crippen LogP contribution is 2.54. The van der Waals surface area contributed by atoms with E-state index in [2.05, 4.69) is 0 Å². The summed E-state index contributed by atoms with van der Waals surface area (Å²) in [5.74, 6) is -1.18. The van der Waals surface area contributed by atoms with Crippen molar-refractivity contribution >= 4 is 56.5 Å². The van der Waals surface area contributed by atoms with E-state index in [1.54, 1.807) is 6.07 Å². The predicted molar refractivity (Wildman–Crippen MR) is 114 cm³/mol. The van der Waals surface area contributed by atoms with E-state index in [9.17, 15) is 23.2 Å². The van der Waals surface area contributed by atoms with Gasteiger partial charge < -0.3 is 10.2 Å². The highest BCUT2D eigenvalue weighted by Gasteiger charge is 2.53. The second kappa shape index (κ2) is 7.87. The molecule has 0 bridgehead atoms. The summed E-state index contributed by atoms with van der Waals surface area (Å²) in [7, 11) is -5.16. The van der Waals surface area contributed by atoms with E-state index in [1.807, 2.05) is 0 Å². The summed E-state index contributed by atoms with van der Waals surface area (Å²) in [6.07, 6.45) is 0. The number of halogens is 4. The average Bonchev–Trinajstić information content (AvgIpc) is 2.62. The van der Waals surface area contributed by atoms with Crippen LogP contribution < -0.4 is 0 Å². The van der Waals surface area contributed by atoms with Crippen LogP contribution in [0, 0.1) is 0 Å². The quantitative estimate of drug-likeness (QED) is 0.311. The Morgan fingerprint density at radius 3 is 1.79 bits per heavy atom. The summed E-state index contributed by atoms with van der Waals surface area (Å²) in [6, 6.07) is 11.9. The Morgan fingerprint density at radius 1 is 0.690 bits per heavy atom. The number of aromatic hydroxyl groups is 2. The minimum absolute atomic E-state index is 0.0512. The maximum Gasteiger partial charge on any atom is 0.283 e. The van der Waals surface area contributed by atoms with Gasteiger partial charge >= 0.3 is 0 Å². The van der Waals surface area contributed by atoms with Crippen LogP contribution in [0.5, 0.6) is 11.5 Å². The lowest BCUT2D eigenvalue weighted by Gasteiger charge is -2.35. The molecular weight excluding hydrogens is 482 g/mol. The minimum atomic E-state index is -5.16. The molecular formula is C19H12Cl4O5S. The first kappa shape index (κ1) is 22.0. The molecule has 0 fully saturated rings. The van der Waals surface area contributed by atoms with Crippen LogP contribution in [0.25, 0.3) is 0 Å². The lowest BCUT2D eigenvalue weighted by atomic mass is 9.83. The van der Waals surface area contributed by atoms with Gasteiger partial charge in [-0.2, -0.15) is 8.42 Å². The summed E-state index contributed by atoms with van der Waals surface area (Å²) in [6.45, 7) is 0. The maximum absolute atomic E-state index is 13.0. The van der Waals surface area contributed by atoms with Crippen LogP contribution in [-0.2, 0) is 14.9 Å². The molecule has 3 aromatic rings. The molecule has 5 nitrogen and oxygen atoms in total. The van der Waals surface area contributed by atoms with Crippen LogP contribution >= 0.6 is 46.4 Å². The van der Waals surface area contributed by atoms with Crippen LogP contribution in [0.1, 0.15) is 16.7 Å². The van der Waals surface area contributed by atoms with Gasteiger partial charge in [0, 0.05) is 37.8 Å². The van der Waals surface area contributed by atoms with Crippen molar-refractivity contribution < 1.29 is 23.2 Å². The third kappa shape index (κ3) is 3.54. The molecule has 1 unspecified atom stereocenters. The zero-order valence-corrected chi connectivity index (χ0v) is 18.1. The third-order valence-electron chi connectivity index (χ3n) is 4.40. The molecule has 0 heterocycles. The second-order valence-electron chi connectivity index (χ2n) is 6.05. The van der Waals surface area contributed by atoms with E-state index in [0.717, 1.165) is 12.1 Å². The van der Waals surface area contributed by atoms with E-state index < -0.39 is 31.9 Å². The van der Waals surface area contributed by atoms with Crippen LogP contribution in [0.3, 0.4) is 0 Å². The smallest absolute Gasteiger partial charge is 0.283 e. The Kier molecular flexibility index (Phi) is 5.98. The molecule has 10 heteroatoms. The summed E-state index contributed by atoms with van der Waals surface area (Å²) < 4.78 is 34.0. The lowest BCUT2D eigenvalue weighted by Crippen LogP contribution is -2.39. The van der Waals surface area contributed by atoms with Crippen LogP contribution in [-0.4, -0.2) is 23.2 Å². The van der Waals surface area contributed by atoms with Gasteiger partial charge in [0.1, 0.15) is 11.5 Å². The van der Waals surface area contributed by atoms with Gasteiger partial charge in [-0.1, -0.05) is 70.7 Å². The molecule has 0 spiro atoms. The van der Waals surface area contributed by atoms with Gasteiger partial charge in [-0.05, 0) is 24.3 Å². The number of rotatable bonds is 4. The number of phenolic OH excluding ortho intramolecular Hbond substituents is 2. The summed E-state index contributed by atoms with van der Waals surface area (Å²) >= 11 is 25.0. The molecule has 0 saturated heterocycles.